The summed E-state index contributed by atoms with van der Waals surface area (Å²) < 4.78 is 37.2. The minimum atomic E-state index is -0.515. The summed E-state index contributed by atoms with van der Waals surface area (Å²) in [6.07, 6.45) is 3.04. The Morgan fingerprint density at radius 1 is 1.23 bits per heavy atom. The monoisotopic (exact) mass is 540 g/mol. The molecule has 1 aromatic carbocycles. The van der Waals surface area contributed by atoms with Gasteiger partial charge >= 0.3 is 6.09 Å². The molecule has 10 heteroatoms. The Morgan fingerprint density at radius 2 is 1.95 bits per heavy atom. The maximum atomic E-state index is 14.3. The molecule has 0 aliphatic carbocycles. The second-order valence-corrected chi connectivity index (χ2v) is 11.2. The van der Waals surface area contributed by atoms with Crippen LogP contribution in [0.25, 0.3) is 0 Å². The van der Waals surface area contributed by atoms with E-state index < -0.39 is 11.4 Å². The summed E-state index contributed by atoms with van der Waals surface area (Å²) in [5, 5.41) is 9.13. The number of nitriles is 1. The van der Waals surface area contributed by atoms with Gasteiger partial charge in [-0.25, -0.2) is 14.2 Å². The molecule has 0 unspecified atom stereocenters. The van der Waals surface area contributed by atoms with Gasteiger partial charge in [-0.05, 0) is 63.4 Å². The highest BCUT2D eigenvalue weighted by Crippen LogP contribution is 2.37. The predicted octanol–water partition coefficient (Wildman–Crippen LogP) is 4.89. The van der Waals surface area contributed by atoms with Gasteiger partial charge in [0.1, 0.15) is 17.5 Å². The molecule has 2 fully saturated rings. The van der Waals surface area contributed by atoms with E-state index in [4.69, 9.17) is 24.2 Å². The maximum absolute atomic E-state index is 14.3. The second kappa shape index (κ2) is 12.2. The van der Waals surface area contributed by atoms with Crippen molar-refractivity contribution in [1.29, 1.82) is 5.26 Å². The number of pyridine rings is 1. The van der Waals surface area contributed by atoms with Gasteiger partial charge in [-0.1, -0.05) is 6.07 Å². The normalized spacial score (nSPS) is 17.5. The number of aromatic nitrogens is 1. The van der Waals surface area contributed by atoms with Gasteiger partial charge in [0.15, 0.2) is 17.9 Å². The van der Waals surface area contributed by atoms with Crippen LogP contribution in [0.4, 0.5) is 15.0 Å². The number of rotatable bonds is 7. The molecule has 2 aliphatic rings. The van der Waals surface area contributed by atoms with Crippen molar-refractivity contribution in [3.63, 3.8) is 0 Å². The Balaban J connectivity index is 1.33. The average molecular weight is 541 g/mol. The molecule has 1 spiro atoms. The molecule has 4 rings (SSSR count). The summed E-state index contributed by atoms with van der Waals surface area (Å²) in [6.45, 7) is 8.93. The topological polar surface area (TPSA) is 97.2 Å². The molecule has 210 valence electrons. The number of piperidine rings is 1. The zero-order chi connectivity index (χ0) is 28.0. The van der Waals surface area contributed by atoms with Gasteiger partial charge in [-0.2, -0.15) is 5.26 Å². The molecule has 0 bridgehead atoms. The fraction of sp³-hybridized carbons (Fsp3) is 0.552. The number of hydrogen-bond acceptors (Lipinski definition) is 8. The smallest absolute Gasteiger partial charge is 0.410 e. The number of hydrogen-bond donors (Lipinski definition) is 0. The van der Waals surface area contributed by atoms with Crippen molar-refractivity contribution in [2.24, 2.45) is 5.41 Å². The van der Waals surface area contributed by atoms with Crippen molar-refractivity contribution in [3.8, 4) is 11.8 Å². The molecule has 1 amide bonds. The SMILES string of the molecule is COc1ccc(CN(CCC2OCC3(CCN(C(=O)OC(C)(C)C)CC3)CO2)c2ccc(C#N)cn2)cc1F. The number of benzene rings is 1. The highest BCUT2D eigenvalue weighted by Gasteiger charge is 2.41. The molecule has 0 saturated carbocycles. The van der Waals surface area contributed by atoms with Crippen molar-refractivity contribution in [2.75, 3.05) is 44.9 Å². The summed E-state index contributed by atoms with van der Waals surface area (Å²) in [4.78, 5) is 20.6. The molecular weight excluding hydrogens is 503 g/mol. The number of anilines is 1. The summed E-state index contributed by atoms with van der Waals surface area (Å²) in [5.41, 5.74) is 0.611. The molecule has 0 radical (unpaired) electrons. The molecule has 0 N–H and O–H groups in total. The largest absolute Gasteiger partial charge is 0.494 e. The Kier molecular flexibility index (Phi) is 8.93. The first-order valence-electron chi connectivity index (χ1n) is 13.2. The van der Waals surface area contributed by atoms with Crippen LogP contribution in [0.1, 0.15) is 51.2 Å². The number of carbonyl (C=O) groups excluding carboxylic acids is 1. The molecule has 2 aromatic rings. The first-order valence-corrected chi connectivity index (χ1v) is 13.2. The minimum Gasteiger partial charge on any atom is -0.494 e. The minimum absolute atomic E-state index is 0.107. The van der Waals surface area contributed by atoms with Gasteiger partial charge in [-0.3, -0.25) is 0 Å². The Hall–Kier alpha value is -3.42. The third-order valence-electron chi connectivity index (χ3n) is 7.05. The summed E-state index contributed by atoms with van der Waals surface area (Å²) in [5.74, 6) is 0.438. The molecule has 9 nitrogen and oxygen atoms in total. The average Bonchev–Trinajstić information content (AvgIpc) is 2.91. The summed E-state index contributed by atoms with van der Waals surface area (Å²) >= 11 is 0. The molecule has 0 atom stereocenters. The van der Waals surface area contributed by atoms with E-state index in [0.717, 1.165) is 18.4 Å². The Labute approximate surface area is 229 Å². The molecule has 2 saturated heterocycles. The quantitative estimate of drug-likeness (QED) is 0.490. The number of methoxy groups -OCH3 is 1. The van der Waals surface area contributed by atoms with Crippen LogP contribution < -0.4 is 9.64 Å². The number of halogens is 1. The van der Waals surface area contributed by atoms with Crippen molar-refractivity contribution in [1.82, 2.24) is 9.88 Å². The van der Waals surface area contributed by atoms with Gasteiger partial charge in [0, 0.05) is 44.2 Å². The molecule has 3 heterocycles. The summed E-state index contributed by atoms with van der Waals surface area (Å²) in [6, 6.07) is 10.5. The molecule has 2 aliphatic heterocycles. The number of ether oxygens (including phenoxy) is 4. The van der Waals surface area contributed by atoms with Crippen LogP contribution in [0.3, 0.4) is 0 Å². The van der Waals surface area contributed by atoms with Crippen molar-refractivity contribution in [3.05, 3.63) is 53.5 Å². The van der Waals surface area contributed by atoms with Crippen molar-refractivity contribution < 1.29 is 28.1 Å². The number of nitrogens with zero attached hydrogens (tertiary/aromatic N) is 4. The van der Waals surface area contributed by atoms with Gasteiger partial charge in [0.25, 0.3) is 0 Å². The van der Waals surface area contributed by atoms with E-state index in [1.165, 1.54) is 19.4 Å². The number of amides is 1. The van der Waals surface area contributed by atoms with E-state index in [-0.39, 0.29) is 23.5 Å². The van der Waals surface area contributed by atoms with E-state index in [9.17, 15) is 9.18 Å². The van der Waals surface area contributed by atoms with Crippen LogP contribution in [-0.2, 0) is 20.8 Å². The lowest BCUT2D eigenvalue weighted by Gasteiger charge is -2.45. The highest BCUT2D eigenvalue weighted by atomic mass is 19.1. The van der Waals surface area contributed by atoms with E-state index >= 15 is 0 Å². The zero-order valence-electron chi connectivity index (χ0n) is 23.1. The fourth-order valence-corrected chi connectivity index (χ4v) is 4.78. The van der Waals surface area contributed by atoms with E-state index in [0.29, 0.717) is 57.2 Å². The van der Waals surface area contributed by atoms with Gasteiger partial charge in [0.2, 0.25) is 0 Å². The van der Waals surface area contributed by atoms with Crippen molar-refractivity contribution in [2.45, 2.75) is 58.5 Å². The lowest BCUT2D eigenvalue weighted by atomic mass is 9.79. The highest BCUT2D eigenvalue weighted by molar-refractivity contribution is 5.68. The van der Waals surface area contributed by atoms with Crippen LogP contribution >= 0.6 is 0 Å². The third-order valence-corrected chi connectivity index (χ3v) is 7.05. The third kappa shape index (κ3) is 7.58. The fourth-order valence-electron chi connectivity index (χ4n) is 4.78. The lowest BCUT2D eigenvalue weighted by Crippen LogP contribution is -2.51. The Bertz CT molecular complexity index is 1160. The number of likely N-dealkylation sites (tertiary alicyclic amines) is 1. The van der Waals surface area contributed by atoms with E-state index in [2.05, 4.69) is 11.1 Å². The molecule has 1 aromatic heterocycles. The van der Waals surface area contributed by atoms with Gasteiger partial charge in [0.05, 0.1) is 25.9 Å². The predicted molar refractivity (Wildman–Crippen MR) is 143 cm³/mol. The zero-order valence-corrected chi connectivity index (χ0v) is 23.1. The first-order chi connectivity index (χ1) is 18.6. The second-order valence-electron chi connectivity index (χ2n) is 11.2. The first kappa shape index (κ1) is 28.6. The van der Waals surface area contributed by atoms with Crippen LogP contribution in [-0.4, -0.2) is 67.8 Å². The summed E-state index contributed by atoms with van der Waals surface area (Å²) in [7, 11) is 1.43. The molecular formula is C29H37FN4O5. The van der Waals surface area contributed by atoms with E-state index in [1.807, 2.05) is 31.7 Å². The lowest BCUT2D eigenvalue weighted by molar-refractivity contribution is -0.238. The standard InChI is InChI=1S/C29H37FN4O5/c1-28(2,3)39-27(35)33-13-10-29(11-14-33)19-37-26(38-20-29)9-12-34(25-8-6-22(16-31)17-32-25)18-21-5-7-24(36-4)23(30)15-21/h5-8,15,17,26H,9-14,18-20H2,1-4H3. The molecule has 39 heavy (non-hydrogen) atoms. The van der Waals surface area contributed by atoms with Gasteiger partial charge < -0.3 is 28.7 Å². The number of carbonyl (C=O) groups is 1. The van der Waals surface area contributed by atoms with E-state index in [1.54, 1.807) is 23.1 Å². The van der Waals surface area contributed by atoms with Crippen LogP contribution in [0.2, 0.25) is 0 Å². The Morgan fingerprint density at radius 3 is 2.51 bits per heavy atom. The maximum Gasteiger partial charge on any atom is 0.410 e. The van der Waals surface area contributed by atoms with Crippen LogP contribution in [0.15, 0.2) is 36.5 Å². The van der Waals surface area contributed by atoms with Crippen LogP contribution in [0, 0.1) is 22.6 Å². The van der Waals surface area contributed by atoms with Gasteiger partial charge in [-0.15, -0.1) is 0 Å². The van der Waals surface area contributed by atoms with Crippen molar-refractivity contribution >= 4 is 11.9 Å². The van der Waals surface area contributed by atoms with Crippen LogP contribution in [0.5, 0.6) is 5.75 Å².